The molecule has 0 aliphatic carbocycles. The molecule has 1 heterocycles. The zero-order valence-corrected chi connectivity index (χ0v) is 11.7. The Bertz CT molecular complexity index is 553. The van der Waals surface area contributed by atoms with Gasteiger partial charge in [-0.25, -0.2) is 13.1 Å². The summed E-state index contributed by atoms with van der Waals surface area (Å²) in [5.41, 5.74) is 5.02. The van der Waals surface area contributed by atoms with Crippen molar-refractivity contribution in [3.8, 4) is 5.75 Å². The van der Waals surface area contributed by atoms with Crippen molar-refractivity contribution >= 4 is 9.84 Å². The van der Waals surface area contributed by atoms with E-state index in [0.717, 1.165) is 6.26 Å². The van der Waals surface area contributed by atoms with Gasteiger partial charge in [-0.15, -0.1) is 0 Å². The van der Waals surface area contributed by atoms with Gasteiger partial charge in [0.2, 0.25) is 0 Å². The smallest absolute Gasteiger partial charge is 0.270 e. The van der Waals surface area contributed by atoms with Crippen molar-refractivity contribution in [2.45, 2.75) is 19.4 Å². The van der Waals surface area contributed by atoms with E-state index in [4.69, 9.17) is 10.5 Å². The summed E-state index contributed by atoms with van der Waals surface area (Å²) in [6.45, 7) is 1.24. The molecule has 7 nitrogen and oxygen atoms in total. The van der Waals surface area contributed by atoms with Gasteiger partial charge in [0.25, 0.3) is 5.56 Å². The predicted molar refractivity (Wildman–Crippen MR) is 72.0 cm³/mol. The van der Waals surface area contributed by atoms with Gasteiger partial charge in [-0.3, -0.25) is 4.79 Å². The molecule has 8 heteroatoms. The highest BCUT2D eigenvalue weighted by molar-refractivity contribution is 7.90. The van der Waals surface area contributed by atoms with Gasteiger partial charge in [0.15, 0.2) is 0 Å². The van der Waals surface area contributed by atoms with Crippen LogP contribution in [0.1, 0.15) is 12.8 Å². The fraction of sp³-hybridized carbons (Fsp3) is 0.636. The number of rotatable bonds is 8. The molecular formula is C11H19N3O4S. The maximum atomic E-state index is 11.7. The second-order valence-corrected chi connectivity index (χ2v) is 6.49. The lowest BCUT2D eigenvalue weighted by Gasteiger charge is -2.07. The normalized spacial score (nSPS) is 11.5. The van der Waals surface area contributed by atoms with E-state index in [0.29, 0.717) is 31.7 Å². The summed E-state index contributed by atoms with van der Waals surface area (Å²) >= 11 is 0. The Morgan fingerprint density at radius 1 is 1.42 bits per heavy atom. The largest absolute Gasteiger partial charge is 0.492 e. The van der Waals surface area contributed by atoms with Crippen LogP contribution in [0.5, 0.6) is 5.75 Å². The van der Waals surface area contributed by atoms with Crippen LogP contribution < -0.4 is 16.0 Å². The Labute approximate surface area is 112 Å². The third-order valence-electron chi connectivity index (χ3n) is 2.35. The van der Waals surface area contributed by atoms with Crippen molar-refractivity contribution in [1.82, 2.24) is 9.78 Å². The van der Waals surface area contributed by atoms with Crippen molar-refractivity contribution in [3.05, 3.63) is 22.6 Å². The number of hydrogen-bond donors (Lipinski definition) is 1. The number of hydrogen-bond acceptors (Lipinski definition) is 6. The molecule has 1 aromatic rings. The van der Waals surface area contributed by atoms with Crippen molar-refractivity contribution in [1.29, 1.82) is 0 Å². The minimum Gasteiger partial charge on any atom is -0.492 e. The van der Waals surface area contributed by atoms with Crippen LogP contribution in [0.25, 0.3) is 0 Å². The standard InChI is InChI=1S/C11H19N3O4S/c1-19(16,17)7-3-5-14-11(15)8-10(9-13-14)18-6-2-4-12/h8-9H,2-7,12H2,1H3. The first-order chi connectivity index (χ1) is 8.92. The van der Waals surface area contributed by atoms with Crippen molar-refractivity contribution in [2.24, 2.45) is 5.73 Å². The van der Waals surface area contributed by atoms with Crippen molar-refractivity contribution in [3.63, 3.8) is 0 Å². The maximum absolute atomic E-state index is 11.7. The Balaban J connectivity index is 2.55. The minimum absolute atomic E-state index is 0.0376. The summed E-state index contributed by atoms with van der Waals surface area (Å²) in [6, 6.07) is 1.34. The Morgan fingerprint density at radius 2 is 2.16 bits per heavy atom. The highest BCUT2D eigenvalue weighted by Gasteiger charge is 2.04. The van der Waals surface area contributed by atoms with Gasteiger partial charge in [-0.2, -0.15) is 5.10 Å². The molecule has 108 valence electrons. The van der Waals surface area contributed by atoms with Gasteiger partial charge < -0.3 is 10.5 Å². The monoisotopic (exact) mass is 289 g/mol. The molecule has 19 heavy (non-hydrogen) atoms. The van der Waals surface area contributed by atoms with Gasteiger partial charge in [0.05, 0.1) is 18.6 Å². The van der Waals surface area contributed by atoms with Crippen molar-refractivity contribution in [2.75, 3.05) is 25.2 Å². The Morgan fingerprint density at radius 3 is 2.74 bits per heavy atom. The zero-order chi connectivity index (χ0) is 14.3. The fourth-order valence-electron chi connectivity index (χ4n) is 1.41. The molecule has 0 saturated heterocycles. The lowest BCUT2D eigenvalue weighted by atomic mass is 10.4. The highest BCUT2D eigenvalue weighted by Crippen LogP contribution is 2.04. The van der Waals surface area contributed by atoms with E-state index in [9.17, 15) is 13.2 Å². The summed E-state index contributed by atoms with van der Waals surface area (Å²) in [7, 11) is -3.01. The van der Waals surface area contributed by atoms with Crippen LogP contribution in [0.2, 0.25) is 0 Å². The second-order valence-electron chi connectivity index (χ2n) is 4.23. The SMILES string of the molecule is CS(=O)(=O)CCCn1ncc(OCCCN)cc1=O. The molecule has 1 aromatic heterocycles. The molecule has 0 aliphatic heterocycles. The van der Waals surface area contributed by atoms with E-state index in [1.54, 1.807) is 0 Å². The maximum Gasteiger partial charge on any atom is 0.270 e. The number of sulfone groups is 1. The summed E-state index contributed by atoms with van der Waals surface area (Å²) < 4.78 is 28.5. The molecule has 0 unspecified atom stereocenters. The van der Waals surface area contributed by atoms with E-state index < -0.39 is 9.84 Å². The summed E-state index contributed by atoms with van der Waals surface area (Å²) in [5.74, 6) is 0.438. The van der Waals surface area contributed by atoms with Gasteiger partial charge in [0, 0.05) is 18.9 Å². The third-order valence-corrected chi connectivity index (χ3v) is 3.38. The van der Waals surface area contributed by atoms with Gasteiger partial charge in [0.1, 0.15) is 15.6 Å². The average molecular weight is 289 g/mol. The molecule has 0 spiro atoms. The number of ether oxygens (including phenoxy) is 1. The lowest BCUT2D eigenvalue weighted by molar-refractivity contribution is 0.309. The predicted octanol–water partition coefficient (Wildman–Crippen LogP) is -0.594. The van der Waals surface area contributed by atoms with E-state index >= 15 is 0 Å². The van der Waals surface area contributed by atoms with E-state index in [1.165, 1.54) is 16.9 Å². The zero-order valence-electron chi connectivity index (χ0n) is 10.9. The van der Waals surface area contributed by atoms with Crippen LogP contribution in [0, 0.1) is 0 Å². The molecule has 0 saturated carbocycles. The number of nitrogens with two attached hydrogens (primary N) is 1. The van der Waals surface area contributed by atoms with Gasteiger partial charge in [-0.1, -0.05) is 0 Å². The molecule has 0 bridgehead atoms. The number of nitrogens with zero attached hydrogens (tertiary/aromatic N) is 2. The molecule has 0 fully saturated rings. The van der Waals surface area contributed by atoms with Crippen LogP contribution in [-0.4, -0.2) is 43.4 Å². The van der Waals surface area contributed by atoms with Gasteiger partial charge in [-0.05, 0) is 19.4 Å². The van der Waals surface area contributed by atoms with Crippen LogP contribution in [-0.2, 0) is 16.4 Å². The van der Waals surface area contributed by atoms with Gasteiger partial charge >= 0.3 is 0 Å². The molecular weight excluding hydrogens is 270 g/mol. The van der Waals surface area contributed by atoms with E-state index in [1.807, 2.05) is 0 Å². The summed E-state index contributed by atoms with van der Waals surface area (Å²) in [5, 5.41) is 3.93. The molecule has 0 aromatic carbocycles. The Hall–Kier alpha value is -1.41. The molecule has 1 rings (SSSR count). The van der Waals surface area contributed by atoms with Crippen LogP contribution in [0.3, 0.4) is 0 Å². The van der Waals surface area contributed by atoms with E-state index in [-0.39, 0.29) is 17.9 Å². The molecule has 0 aliphatic rings. The number of aromatic nitrogens is 2. The van der Waals surface area contributed by atoms with Crippen LogP contribution in [0.4, 0.5) is 0 Å². The summed E-state index contributed by atoms with van der Waals surface area (Å²) in [6.07, 6.45) is 3.67. The second kappa shape index (κ2) is 7.25. The average Bonchev–Trinajstić information content (AvgIpc) is 2.31. The topological polar surface area (TPSA) is 104 Å². The first-order valence-corrected chi connectivity index (χ1v) is 8.06. The molecule has 2 N–H and O–H groups in total. The quantitative estimate of drug-likeness (QED) is 0.641. The molecule has 0 amide bonds. The lowest BCUT2D eigenvalue weighted by Crippen LogP contribution is -2.23. The molecule has 0 atom stereocenters. The minimum atomic E-state index is -3.01. The van der Waals surface area contributed by atoms with E-state index in [2.05, 4.69) is 5.10 Å². The Kier molecular flexibility index (Phi) is 5.97. The number of aryl methyl sites for hydroxylation is 1. The summed E-state index contributed by atoms with van der Waals surface area (Å²) in [4.78, 5) is 11.7. The van der Waals surface area contributed by atoms with Crippen molar-refractivity contribution < 1.29 is 13.2 Å². The van der Waals surface area contributed by atoms with Crippen LogP contribution >= 0.6 is 0 Å². The first-order valence-electron chi connectivity index (χ1n) is 6.00. The fourth-order valence-corrected chi connectivity index (χ4v) is 2.07. The highest BCUT2D eigenvalue weighted by atomic mass is 32.2. The third kappa shape index (κ3) is 6.35. The molecule has 0 radical (unpaired) electrons. The van der Waals surface area contributed by atoms with Crippen LogP contribution in [0.15, 0.2) is 17.1 Å². The first kappa shape index (κ1) is 15.6.